The molecule has 0 fully saturated rings. The molecular formula is C10H9BrO. The Hall–Kier alpha value is -0.780. The monoisotopic (exact) mass is 224 g/mol. The SMILES string of the molecule is C#CCC(O)c1ccccc1Br. The molecule has 0 heterocycles. The maximum absolute atomic E-state index is 9.53. The van der Waals surface area contributed by atoms with Crippen LogP contribution in [0.4, 0.5) is 0 Å². The van der Waals surface area contributed by atoms with Crippen LogP contribution in [0.15, 0.2) is 28.7 Å². The lowest BCUT2D eigenvalue weighted by atomic mass is 10.1. The third kappa shape index (κ3) is 2.10. The summed E-state index contributed by atoms with van der Waals surface area (Å²) in [6.45, 7) is 0. The van der Waals surface area contributed by atoms with Gasteiger partial charge in [-0.3, -0.25) is 0 Å². The zero-order valence-electron chi connectivity index (χ0n) is 6.50. The fourth-order valence-electron chi connectivity index (χ4n) is 0.967. The van der Waals surface area contributed by atoms with Crippen molar-refractivity contribution in [1.29, 1.82) is 0 Å². The lowest BCUT2D eigenvalue weighted by Gasteiger charge is -2.08. The normalized spacial score (nSPS) is 12.1. The molecule has 0 amide bonds. The lowest BCUT2D eigenvalue weighted by molar-refractivity contribution is 0.183. The molecule has 1 aromatic rings. The summed E-state index contributed by atoms with van der Waals surface area (Å²) in [6, 6.07) is 7.51. The molecule has 1 unspecified atom stereocenters. The molecule has 0 bridgehead atoms. The van der Waals surface area contributed by atoms with E-state index in [1.165, 1.54) is 0 Å². The second-order valence-corrected chi connectivity index (χ2v) is 3.30. The van der Waals surface area contributed by atoms with Gasteiger partial charge in [-0.15, -0.1) is 12.3 Å². The number of terminal acetylenes is 1. The van der Waals surface area contributed by atoms with Gasteiger partial charge in [0.15, 0.2) is 0 Å². The Bertz CT molecular complexity index is 301. The molecule has 0 spiro atoms. The van der Waals surface area contributed by atoms with Gasteiger partial charge in [0.25, 0.3) is 0 Å². The van der Waals surface area contributed by atoms with Gasteiger partial charge in [-0.25, -0.2) is 0 Å². The minimum atomic E-state index is -0.564. The van der Waals surface area contributed by atoms with Crippen LogP contribution in [-0.2, 0) is 0 Å². The molecule has 0 radical (unpaired) electrons. The van der Waals surface area contributed by atoms with Gasteiger partial charge >= 0.3 is 0 Å². The quantitative estimate of drug-likeness (QED) is 0.766. The molecule has 0 saturated heterocycles. The topological polar surface area (TPSA) is 20.2 Å². The van der Waals surface area contributed by atoms with Crippen molar-refractivity contribution in [3.05, 3.63) is 34.3 Å². The van der Waals surface area contributed by atoms with E-state index in [-0.39, 0.29) is 0 Å². The maximum Gasteiger partial charge on any atom is 0.0909 e. The standard InChI is InChI=1S/C10H9BrO/c1-2-5-10(12)8-6-3-4-7-9(8)11/h1,3-4,6-7,10,12H,5H2. The third-order valence-electron chi connectivity index (χ3n) is 1.58. The van der Waals surface area contributed by atoms with Crippen molar-refractivity contribution < 1.29 is 5.11 Å². The first-order valence-electron chi connectivity index (χ1n) is 3.61. The molecule has 1 rings (SSSR count). The van der Waals surface area contributed by atoms with Crippen LogP contribution in [0.25, 0.3) is 0 Å². The highest BCUT2D eigenvalue weighted by Gasteiger charge is 2.07. The summed E-state index contributed by atoms with van der Waals surface area (Å²) >= 11 is 3.34. The Morgan fingerprint density at radius 3 is 2.75 bits per heavy atom. The molecule has 0 aliphatic rings. The average Bonchev–Trinajstić information content (AvgIpc) is 2.05. The smallest absolute Gasteiger partial charge is 0.0909 e. The van der Waals surface area contributed by atoms with E-state index >= 15 is 0 Å². The van der Waals surface area contributed by atoms with Crippen molar-refractivity contribution in [2.75, 3.05) is 0 Å². The first kappa shape index (κ1) is 9.31. The van der Waals surface area contributed by atoms with E-state index in [2.05, 4.69) is 21.9 Å². The van der Waals surface area contributed by atoms with E-state index < -0.39 is 6.10 Å². The van der Waals surface area contributed by atoms with Crippen LogP contribution in [0, 0.1) is 12.3 Å². The van der Waals surface area contributed by atoms with Gasteiger partial charge in [-0.1, -0.05) is 34.1 Å². The van der Waals surface area contributed by atoms with Crippen LogP contribution in [0.3, 0.4) is 0 Å². The van der Waals surface area contributed by atoms with E-state index in [0.717, 1.165) is 10.0 Å². The van der Waals surface area contributed by atoms with Crippen molar-refractivity contribution in [2.45, 2.75) is 12.5 Å². The Balaban J connectivity index is 2.88. The van der Waals surface area contributed by atoms with E-state index in [9.17, 15) is 5.11 Å². The zero-order chi connectivity index (χ0) is 8.97. The largest absolute Gasteiger partial charge is 0.387 e. The lowest BCUT2D eigenvalue weighted by Crippen LogP contribution is -1.96. The van der Waals surface area contributed by atoms with Crippen molar-refractivity contribution >= 4 is 15.9 Å². The molecular weight excluding hydrogens is 216 g/mol. The molecule has 1 N–H and O–H groups in total. The molecule has 2 heteroatoms. The Kier molecular flexibility index (Phi) is 3.33. The second-order valence-electron chi connectivity index (χ2n) is 2.45. The Morgan fingerprint density at radius 1 is 1.50 bits per heavy atom. The van der Waals surface area contributed by atoms with Gasteiger partial charge in [-0.05, 0) is 11.6 Å². The Morgan fingerprint density at radius 2 is 2.17 bits per heavy atom. The maximum atomic E-state index is 9.53. The highest BCUT2D eigenvalue weighted by molar-refractivity contribution is 9.10. The summed E-state index contributed by atoms with van der Waals surface area (Å²) in [5.41, 5.74) is 0.843. The highest BCUT2D eigenvalue weighted by atomic mass is 79.9. The van der Waals surface area contributed by atoms with Gasteiger partial charge in [-0.2, -0.15) is 0 Å². The van der Waals surface area contributed by atoms with Crippen LogP contribution >= 0.6 is 15.9 Å². The van der Waals surface area contributed by atoms with Gasteiger partial charge in [0.2, 0.25) is 0 Å². The number of hydrogen-bond acceptors (Lipinski definition) is 1. The summed E-state index contributed by atoms with van der Waals surface area (Å²) in [6.07, 6.45) is 4.88. The molecule has 62 valence electrons. The second kappa shape index (κ2) is 4.30. The fourth-order valence-corrected chi connectivity index (χ4v) is 1.52. The molecule has 1 aromatic carbocycles. The predicted molar refractivity (Wildman–Crippen MR) is 52.6 cm³/mol. The van der Waals surface area contributed by atoms with Crippen LogP contribution in [0.1, 0.15) is 18.1 Å². The summed E-state index contributed by atoms with van der Waals surface area (Å²) in [5, 5.41) is 9.53. The van der Waals surface area contributed by atoms with E-state index in [1.54, 1.807) is 0 Å². The van der Waals surface area contributed by atoms with Crippen LogP contribution < -0.4 is 0 Å². The van der Waals surface area contributed by atoms with Crippen LogP contribution in [0.5, 0.6) is 0 Å². The molecule has 1 nitrogen and oxygen atoms in total. The number of halogens is 1. The first-order valence-corrected chi connectivity index (χ1v) is 4.41. The fraction of sp³-hybridized carbons (Fsp3) is 0.200. The van der Waals surface area contributed by atoms with E-state index in [0.29, 0.717) is 6.42 Å². The molecule has 12 heavy (non-hydrogen) atoms. The van der Waals surface area contributed by atoms with Gasteiger partial charge in [0.1, 0.15) is 0 Å². The number of aliphatic hydroxyl groups is 1. The highest BCUT2D eigenvalue weighted by Crippen LogP contribution is 2.24. The molecule has 0 aromatic heterocycles. The van der Waals surface area contributed by atoms with Crippen molar-refractivity contribution in [2.24, 2.45) is 0 Å². The summed E-state index contributed by atoms with van der Waals surface area (Å²) in [4.78, 5) is 0. The Labute approximate surface area is 80.6 Å². The van der Waals surface area contributed by atoms with E-state index in [4.69, 9.17) is 6.42 Å². The van der Waals surface area contributed by atoms with Crippen LogP contribution in [-0.4, -0.2) is 5.11 Å². The van der Waals surface area contributed by atoms with E-state index in [1.807, 2.05) is 24.3 Å². The number of hydrogen-bond donors (Lipinski definition) is 1. The minimum absolute atomic E-state index is 0.350. The van der Waals surface area contributed by atoms with Crippen molar-refractivity contribution in [3.63, 3.8) is 0 Å². The van der Waals surface area contributed by atoms with Gasteiger partial charge < -0.3 is 5.11 Å². The number of benzene rings is 1. The minimum Gasteiger partial charge on any atom is -0.387 e. The zero-order valence-corrected chi connectivity index (χ0v) is 8.08. The third-order valence-corrected chi connectivity index (χ3v) is 2.30. The summed E-state index contributed by atoms with van der Waals surface area (Å²) < 4.78 is 0.896. The number of aliphatic hydroxyl groups excluding tert-OH is 1. The molecule has 0 aliphatic carbocycles. The van der Waals surface area contributed by atoms with Crippen LogP contribution in [0.2, 0.25) is 0 Å². The first-order chi connectivity index (χ1) is 5.75. The van der Waals surface area contributed by atoms with Crippen molar-refractivity contribution in [1.82, 2.24) is 0 Å². The van der Waals surface area contributed by atoms with Gasteiger partial charge in [0, 0.05) is 10.9 Å². The van der Waals surface area contributed by atoms with Gasteiger partial charge in [0.05, 0.1) is 6.10 Å². The summed E-state index contributed by atoms with van der Waals surface area (Å²) in [7, 11) is 0. The summed E-state index contributed by atoms with van der Waals surface area (Å²) in [5.74, 6) is 2.42. The molecule has 1 atom stereocenters. The average molecular weight is 225 g/mol. The number of rotatable bonds is 2. The predicted octanol–water partition coefficient (Wildman–Crippen LogP) is 2.51. The molecule has 0 aliphatic heterocycles. The molecule has 0 saturated carbocycles. The van der Waals surface area contributed by atoms with Crippen molar-refractivity contribution in [3.8, 4) is 12.3 Å².